The molecule has 0 N–H and O–H groups in total. The molecule has 1 aliphatic rings. The van der Waals surface area contributed by atoms with Crippen LogP contribution in [0.2, 0.25) is 0 Å². The lowest BCUT2D eigenvalue weighted by Crippen LogP contribution is -2.27. The molecule has 0 aliphatic carbocycles. The van der Waals surface area contributed by atoms with E-state index >= 15 is 0 Å². The van der Waals surface area contributed by atoms with Gasteiger partial charge in [-0.25, -0.2) is 9.59 Å². The maximum absolute atomic E-state index is 12.5. The summed E-state index contributed by atoms with van der Waals surface area (Å²) in [5.41, 5.74) is 2.59. The molecule has 3 aromatic rings. The number of hydrogen-bond donors (Lipinski definition) is 0. The minimum atomic E-state index is -0.723. The SMILES string of the molecule is COC(=O)c1ccc(N2C[C@H](C(=O)OCC(=O)c3ccc(OC(=O)c4ccc(C)cc4)cc3)CC2=O)cc1. The highest BCUT2D eigenvalue weighted by Crippen LogP contribution is 2.26. The van der Waals surface area contributed by atoms with Crippen molar-refractivity contribution in [2.24, 2.45) is 5.92 Å². The maximum Gasteiger partial charge on any atom is 0.343 e. The van der Waals surface area contributed by atoms with Crippen LogP contribution >= 0.6 is 0 Å². The van der Waals surface area contributed by atoms with Gasteiger partial charge in [-0.3, -0.25) is 14.4 Å². The lowest BCUT2D eigenvalue weighted by atomic mass is 10.1. The van der Waals surface area contributed by atoms with Crippen LogP contribution in [0.25, 0.3) is 0 Å². The predicted molar refractivity (Wildman–Crippen MR) is 136 cm³/mol. The fourth-order valence-corrected chi connectivity index (χ4v) is 3.91. The third-order valence-electron chi connectivity index (χ3n) is 6.08. The minimum absolute atomic E-state index is 0.0488. The van der Waals surface area contributed by atoms with Gasteiger partial charge in [0.25, 0.3) is 0 Å². The monoisotopic (exact) mass is 515 g/mol. The van der Waals surface area contributed by atoms with Crippen molar-refractivity contribution in [3.63, 3.8) is 0 Å². The van der Waals surface area contributed by atoms with Crippen molar-refractivity contribution < 1.29 is 38.2 Å². The third-order valence-corrected chi connectivity index (χ3v) is 6.08. The van der Waals surface area contributed by atoms with Gasteiger partial charge in [-0.1, -0.05) is 17.7 Å². The van der Waals surface area contributed by atoms with Crippen LogP contribution in [0.1, 0.15) is 43.1 Å². The number of rotatable bonds is 8. The summed E-state index contributed by atoms with van der Waals surface area (Å²) in [4.78, 5) is 62.8. The van der Waals surface area contributed by atoms with E-state index in [1.54, 1.807) is 24.3 Å². The van der Waals surface area contributed by atoms with Gasteiger partial charge in [0.1, 0.15) is 5.75 Å². The molecule has 3 aromatic carbocycles. The second-order valence-corrected chi connectivity index (χ2v) is 8.75. The van der Waals surface area contributed by atoms with E-state index in [2.05, 4.69) is 4.74 Å². The van der Waals surface area contributed by atoms with Crippen molar-refractivity contribution in [2.75, 3.05) is 25.2 Å². The summed E-state index contributed by atoms with van der Waals surface area (Å²) in [5, 5.41) is 0. The van der Waals surface area contributed by atoms with Gasteiger partial charge in [0.2, 0.25) is 5.91 Å². The van der Waals surface area contributed by atoms with Crippen molar-refractivity contribution in [3.05, 3.63) is 95.1 Å². The summed E-state index contributed by atoms with van der Waals surface area (Å²) in [6.45, 7) is 1.53. The molecule has 0 spiro atoms. The molecule has 1 fully saturated rings. The van der Waals surface area contributed by atoms with Crippen molar-refractivity contribution >= 4 is 35.3 Å². The maximum atomic E-state index is 12.5. The number of anilines is 1. The predicted octanol–water partition coefficient (Wildman–Crippen LogP) is 3.78. The molecule has 4 rings (SSSR count). The Kier molecular flexibility index (Phi) is 7.96. The Balaban J connectivity index is 1.28. The molecule has 0 saturated carbocycles. The van der Waals surface area contributed by atoms with Crippen molar-refractivity contribution in [1.82, 2.24) is 0 Å². The zero-order chi connectivity index (χ0) is 27.2. The number of esters is 3. The van der Waals surface area contributed by atoms with Gasteiger partial charge >= 0.3 is 17.9 Å². The first-order valence-electron chi connectivity index (χ1n) is 11.8. The summed E-state index contributed by atoms with van der Waals surface area (Å²) in [5.74, 6) is -2.81. The molecular weight excluding hydrogens is 490 g/mol. The van der Waals surface area contributed by atoms with Crippen LogP contribution in [0, 0.1) is 12.8 Å². The Bertz CT molecular complexity index is 1360. The van der Waals surface area contributed by atoms with Crippen LogP contribution < -0.4 is 9.64 Å². The number of carbonyl (C=O) groups is 5. The molecule has 1 saturated heterocycles. The normalized spacial score (nSPS) is 14.6. The summed E-state index contributed by atoms with van der Waals surface area (Å²) >= 11 is 0. The third kappa shape index (κ3) is 6.12. The fraction of sp³-hybridized carbons (Fsp3) is 0.207. The van der Waals surface area contributed by atoms with Crippen LogP contribution in [0.3, 0.4) is 0 Å². The molecule has 9 heteroatoms. The molecule has 9 nitrogen and oxygen atoms in total. The zero-order valence-electron chi connectivity index (χ0n) is 20.8. The number of carbonyl (C=O) groups excluding carboxylic acids is 5. The van der Waals surface area contributed by atoms with E-state index in [1.807, 2.05) is 19.1 Å². The first-order chi connectivity index (χ1) is 18.2. The van der Waals surface area contributed by atoms with E-state index < -0.39 is 36.2 Å². The summed E-state index contributed by atoms with van der Waals surface area (Å²) in [6.07, 6.45) is -0.0488. The highest BCUT2D eigenvalue weighted by molar-refractivity contribution is 6.01. The Morgan fingerprint density at radius 1 is 0.816 bits per heavy atom. The summed E-state index contributed by atoms with van der Waals surface area (Å²) < 4.78 is 15.2. The number of amides is 1. The quantitative estimate of drug-likeness (QED) is 0.253. The molecule has 1 atom stereocenters. The average Bonchev–Trinajstić information content (AvgIpc) is 3.33. The highest BCUT2D eigenvalue weighted by Gasteiger charge is 2.36. The number of ketones is 1. The molecule has 1 amide bonds. The van der Waals surface area contributed by atoms with E-state index in [4.69, 9.17) is 9.47 Å². The van der Waals surface area contributed by atoms with Gasteiger partial charge in [0, 0.05) is 24.2 Å². The van der Waals surface area contributed by atoms with E-state index in [9.17, 15) is 24.0 Å². The van der Waals surface area contributed by atoms with Crippen LogP contribution in [0.4, 0.5) is 5.69 Å². The molecule has 194 valence electrons. The molecule has 0 bridgehead atoms. The van der Waals surface area contributed by atoms with Crippen molar-refractivity contribution in [3.8, 4) is 5.75 Å². The highest BCUT2D eigenvalue weighted by atomic mass is 16.5. The number of Topliss-reactive ketones (excluding diaryl/α,β-unsaturated/α-hetero) is 1. The number of ether oxygens (including phenoxy) is 3. The lowest BCUT2D eigenvalue weighted by Gasteiger charge is -2.16. The van der Waals surface area contributed by atoms with Crippen LogP contribution in [0.15, 0.2) is 72.8 Å². The largest absolute Gasteiger partial charge is 0.465 e. The smallest absolute Gasteiger partial charge is 0.343 e. The molecule has 1 aliphatic heterocycles. The van der Waals surface area contributed by atoms with E-state index in [0.29, 0.717) is 16.8 Å². The lowest BCUT2D eigenvalue weighted by molar-refractivity contribution is -0.147. The Hall–Kier alpha value is -4.79. The molecule has 0 unspecified atom stereocenters. The van der Waals surface area contributed by atoms with Gasteiger partial charge < -0.3 is 19.1 Å². The molecular formula is C29H25NO8. The number of aryl methyl sites for hydroxylation is 1. The second kappa shape index (κ2) is 11.5. The summed E-state index contributed by atoms with van der Waals surface area (Å²) in [6, 6.07) is 19.2. The second-order valence-electron chi connectivity index (χ2n) is 8.75. The Morgan fingerprint density at radius 2 is 1.39 bits per heavy atom. The Morgan fingerprint density at radius 3 is 2.03 bits per heavy atom. The van der Waals surface area contributed by atoms with Crippen molar-refractivity contribution in [1.29, 1.82) is 0 Å². The molecule has 38 heavy (non-hydrogen) atoms. The van der Waals surface area contributed by atoms with Gasteiger partial charge in [-0.05, 0) is 67.6 Å². The topological polar surface area (TPSA) is 116 Å². The van der Waals surface area contributed by atoms with E-state index in [0.717, 1.165) is 5.56 Å². The average molecular weight is 516 g/mol. The number of methoxy groups -OCH3 is 1. The van der Waals surface area contributed by atoms with Gasteiger partial charge in [0.15, 0.2) is 12.4 Å². The van der Waals surface area contributed by atoms with Gasteiger partial charge in [-0.15, -0.1) is 0 Å². The van der Waals surface area contributed by atoms with Crippen LogP contribution in [-0.4, -0.2) is 49.9 Å². The molecule has 0 radical (unpaired) electrons. The Labute approximate surface area is 218 Å². The van der Waals surface area contributed by atoms with E-state index in [-0.39, 0.29) is 30.2 Å². The number of benzene rings is 3. The van der Waals surface area contributed by atoms with E-state index in [1.165, 1.54) is 48.4 Å². The van der Waals surface area contributed by atoms with Crippen LogP contribution in [0.5, 0.6) is 5.75 Å². The standard InChI is InChI=1S/C29H25NO8/c1-18-3-5-21(6-4-18)29(35)38-24-13-9-19(10-14-24)25(31)17-37-28(34)22-15-26(32)30(16-22)23-11-7-20(8-12-23)27(33)36-2/h3-14,22H,15-17H2,1-2H3/t22-/m1/s1. The number of nitrogens with zero attached hydrogens (tertiary/aromatic N) is 1. The van der Waals surface area contributed by atoms with Gasteiger partial charge in [0.05, 0.1) is 24.2 Å². The zero-order valence-corrected chi connectivity index (χ0v) is 20.8. The summed E-state index contributed by atoms with van der Waals surface area (Å²) in [7, 11) is 1.28. The minimum Gasteiger partial charge on any atom is -0.465 e. The van der Waals surface area contributed by atoms with Gasteiger partial charge in [-0.2, -0.15) is 0 Å². The first kappa shape index (κ1) is 26.3. The molecule has 1 heterocycles. The van der Waals surface area contributed by atoms with Crippen molar-refractivity contribution in [2.45, 2.75) is 13.3 Å². The number of hydrogen-bond acceptors (Lipinski definition) is 8. The fourth-order valence-electron chi connectivity index (χ4n) is 3.91. The first-order valence-corrected chi connectivity index (χ1v) is 11.8. The van der Waals surface area contributed by atoms with Crippen LogP contribution in [-0.2, 0) is 19.1 Å². The molecule has 0 aromatic heterocycles.